The molecule has 2 amide bonds. The van der Waals surface area contributed by atoms with E-state index in [-0.39, 0.29) is 45.4 Å². The summed E-state index contributed by atoms with van der Waals surface area (Å²) in [4.78, 5) is 61.5. The summed E-state index contributed by atoms with van der Waals surface area (Å²) in [7, 11) is 0. The van der Waals surface area contributed by atoms with Crippen LogP contribution in [0.2, 0.25) is 0 Å². The number of hydrogen-bond donors (Lipinski definition) is 2. The Morgan fingerprint density at radius 1 is 0.794 bits per heavy atom. The lowest BCUT2D eigenvalue weighted by molar-refractivity contribution is -0.119. The van der Waals surface area contributed by atoms with Gasteiger partial charge >= 0.3 is 5.97 Å². The van der Waals surface area contributed by atoms with Crippen molar-refractivity contribution in [3.8, 4) is 0 Å². The van der Waals surface area contributed by atoms with Crippen LogP contribution in [-0.4, -0.2) is 36.0 Å². The summed E-state index contributed by atoms with van der Waals surface area (Å²) >= 11 is 0. The summed E-state index contributed by atoms with van der Waals surface area (Å²) < 4.78 is 5.08. The van der Waals surface area contributed by atoms with Crippen molar-refractivity contribution in [3.05, 3.63) is 100 Å². The maximum absolute atomic E-state index is 13.0. The van der Waals surface area contributed by atoms with Crippen LogP contribution in [0, 0.1) is 0 Å². The number of fused-ring (bicyclic) bond motifs is 2. The molecule has 0 aliphatic heterocycles. The third-order valence-electron chi connectivity index (χ3n) is 5.29. The summed E-state index contributed by atoms with van der Waals surface area (Å²) in [5.41, 5.74) is 2.13. The molecular weight excluding hydrogens is 436 g/mol. The number of rotatable bonds is 6. The number of amides is 2. The molecule has 2 N–H and O–H groups in total. The molecule has 1 aliphatic carbocycles. The molecule has 34 heavy (non-hydrogen) atoms. The van der Waals surface area contributed by atoms with Gasteiger partial charge in [-0.3, -0.25) is 19.2 Å². The van der Waals surface area contributed by atoms with E-state index in [0.717, 1.165) is 5.56 Å². The first-order valence-electron chi connectivity index (χ1n) is 10.5. The summed E-state index contributed by atoms with van der Waals surface area (Å²) in [6.07, 6.45) is 0. The lowest BCUT2D eigenvalue weighted by Crippen LogP contribution is -2.26. The van der Waals surface area contributed by atoms with Crippen LogP contribution < -0.4 is 10.6 Å². The zero-order valence-electron chi connectivity index (χ0n) is 18.2. The molecule has 0 spiro atoms. The molecule has 0 saturated heterocycles. The largest absolute Gasteiger partial charge is 0.452 e. The fraction of sp³-hybridized carbons (Fsp3) is 0.115. The van der Waals surface area contributed by atoms with Crippen molar-refractivity contribution in [3.63, 3.8) is 0 Å². The van der Waals surface area contributed by atoms with Gasteiger partial charge in [0.15, 0.2) is 18.2 Å². The highest BCUT2D eigenvalue weighted by molar-refractivity contribution is 6.30. The van der Waals surface area contributed by atoms with Crippen LogP contribution in [0.4, 0.5) is 5.69 Å². The molecule has 0 aromatic heterocycles. The van der Waals surface area contributed by atoms with Gasteiger partial charge in [0.05, 0.1) is 16.8 Å². The number of hydrogen-bond acceptors (Lipinski definition) is 6. The number of carbonyl (C=O) groups is 5. The van der Waals surface area contributed by atoms with Gasteiger partial charge in [0.25, 0.3) is 5.91 Å². The van der Waals surface area contributed by atoms with Crippen LogP contribution in [0.5, 0.6) is 0 Å². The van der Waals surface area contributed by atoms with Crippen LogP contribution in [0.15, 0.2) is 66.7 Å². The summed E-state index contributed by atoms with van der Waals surface area (Å²) in [5.74, 6) is -2.17. The Balaban J connectivity index is 1.42. The van der Waals surface area contributed by atoms with Gasteiger partial charge in [0.2, 0.25) is 5.91 Å². The Hall–Kier alpha value is -4.59. The van der Waals surface area contributed by atoms with Crippen molar-refractivity contribution in [2.24, 2.45) is 0 Å². The van der Waals surface area contributed by atoms with Crippen LogP contribution in [0.1, 0.15) is 54.7 Å². The standard InChI is InChI=1S/C26H20N2O6/c1-15(29)27-13-16-9-11-17(12-10-16)26(33)34-14-22(30)28-21-8-4-7-20-23(21)25(32)19-6-3-2-5-18(19)24(20)31/h2-12H,13-14H2,1H3,(H,27,29)(H,28,30). The van der Waals surface area contributed by atoms with Gasteiger partial charge in [0.1, 0.15) is 0 Å². The van der Waals surface area contributed by atoms with E-state index >= 15 is 0 Å². The Kier molecular flexibility index (Phi) is 6.31. The number of ether oxygens (including phenoxy) is 1. The third kappa shape index (κ3) is 4.61. The first kappa shape index (κ1) is 22.6. The van der Waals surface area contributed by atoms with Gasteiger partial charge in [-0.25, -0.2) is 4.79 Å². The Labute approximate surface area is 194 Å². The summed E-state index contributed by atoms with van der Waals surface area (Å²) in [6.45, 7) is 1.17. The van der Waals surface area contributed by atoms with Gasteiger partial charge in [-0.1, -0.05) is 48.5 Å². The number of nitrogens with one attached hydrogen (secondary N) is 2. The molecular formula is C26H20N2O6. The van der Waals surface area contributed by atoms with Crippen LogP contribution in [-0.2, 0) is 20.9 Å². The highest BCUT2D eigenvalue weighted by Crippen LogP contribution is 2.31. The average Bonchev–Trinajstić information content (AvgIpc) is 2.85. The molecule has 0 unspecified atom stereocenters. The molecule has 0 fully saturated rings. The number of anilines is 1. The first-order valence-corrected chi connectivity index (χ1v) is 10.5. The molecule has 4 rings (SSSR count). The highest BCUT2D eigenvalue weighted by Gasteiger charge is 2.31. The Bertz CT molecular complexity index is 1330. The van der Waals surface area contributed by atoms with Crippen molar-refractivity contribution >= 4 is 35.0 Å². The maximum Gasteiger partial charge on any atom is 0.338 e. The minimum Gasteiger partial charge on any atom is -0.452 e. The molecule has 0 saturated carbocycles. The molecule has 8 nitrogen and oxygen atoms in total. The minimum atomic E-state index is -0.698. The van der Waals surface area contributed by atoms with Crippen LogP contribution >= 0.6 is 0 Å². The van der Waals surface area contributed by atoms with Crippen LogP contribution in [0.25, 0.3) is 0 Å². The van der Waals surface area contributed by atoms with Crippen molar-refractivity contribution in [1.29, 1.82) is 0 Å². The van der Waals surface area contributed by atoms with Gasteiger partial charge in [-0.2, -0.15) is 0 Å². The fourth-order valence-corrected chi connectivity index (χ4v) is 3.64. The summed E-state index contributed by atoms with van der Waals surface area (Å²) in [5, 5.41) is 5.22. The Morgan fingerprint density at radius 2 is 1.44 bits per heavy atom. The van der Waals surface area contributed by atoms with Crippen molar-refractivity contribution in [1.82, 2.24) is 5.32 Å². The second-order valence-electron chi connectivity index (χ2n) is 7.66. The quantitative estimate of drug-likeness (QED) is 0.431. The lowest BCUT2D eigenvalue weighted by Gasteiger charge is -2.20. The average molecular weight is 456 g/mol. The van der Waals surface area contributed by atoms with Gasteiger partial charge in [-0.05, 0) is 23.8 Å². The fourth-order valence-electron chi connectivity index (χ4n) is 3.64. The number of carbonyl (C=O) groups excluding carboxylic acids is 5. The number of esters is 1. The minimum absolute atomic E-state index is 0.112. The van der Waals surface area contributed by atoms with Crippen LogP contribution in [0.3, 0.4) is 0 Å². The topological polar surface area (TPSA) is 119 Å². The Morgan fingerprint density at radius 3 is 2.12 bits per heavy atom. The van der Waals surface area contributed by atoms with Crippen molar-refractivity contribution in [2.45, 2.75) is 13.5 Å². The van der Waals surface area contributed by atoms with E-state index in [1.165, 1.54) is 31.2 Å². The molecule has 3 aromatic carbocycles. The van der Waals surface area contributed by atoms with Gasteiger partial charge in [0, 0.05) is 30.2 Å². The predicted molar refractivity (Wildman–Crippen MR) is 123 cm³/mol. The van der Waals surface area contributed by atoms with E-state index in [0.29, 0.717) is 12.1 Å². The van der Waals surface area contributed by atoms with E-state index in [4.69, 9.17) is 4.74 Å². The van der Waals surface area contributed by atoms with E-state index < -0.39 is 18.5 Å². The van der Waals surface area contributed by atoms with E-state index in [1.54, 1.807) is 42.5 Å². The molecule has 1 aliphatic rings. The zero-order chi connectivity index (χ0) is 24.2. The first-order chi connectivity index (χ1) is 16.3. The van der Waals surface area contributed by atoms with E-state index in [2.05, 4.69) is 10.6 Å². The molecule has 0 bridgehead atoms. The molecule has 170 valence electrons. The van der Waals surface area contributed by atoms with Crippen molar-refractivity contribution < 1.29 is 28.7 Å². The highest BCUT2D eigenvalue weighted by atomic mass is 16.5. The predicted octanol–water partition coefficient (Wildman–Crippen LogP) is 2.89. The lowest BCUT2D eigenvalue weighted by atomic mass is 9.83. The summed E-state index contributed by atoms with van der Waals surface area (Å²) in [6, 6.07) is 17.6. The monoisotopic (exact) mass is 456 g/mol. The molecule has 0 atom stereocenters. The van der Waals surface area contributed by atoms with E-state index in [1.807, 2.05) is 0 Å². The van der Waals surface area contributed by atoms with Gasteiger partial charge in [-0.15, -0.1) is 0 Å². The third-order valence-corrected chi connectivity index (χ3v) is 5.29. The normalized spacial score (nSPS) is 11.8. The number of ketones is 2. The molecule has 3 aromatic rings. The molecule has 0 radical (unpaired) electrons. The zero-order valence-corrected chi connectivity index (χ0v) is 18.2. The van der Waals surface area contributed by atoms with E-state index in [9.17, 15) is 24.0 Å². The second kappa shape index (κ2) is 9.50. The molecule has 8 heteroatoms. The maximum atomic E-state index is 13.0. The smallest absolute Gasteiger partial charge is 0.338 e. The molecule has 0 heterocycles. The number of benzene rings is 3. The second-order valence-corrected chi connectivity index (χ2v) is 7.66. The van der Waals surface area contributed by atoms with Gasteiger partial charge < -0.3 is 15.4 Å². The SMILES string of the molecule is CC(=O)NCc1ccc(C(=O)OCC(=O)Nc2cccc3c2C(=O)c2ccccc2C3=O)cc1. The van der Waals surface area contributed by atoms with Crippen molar-refractivity contribution in [2.75, 3.05) is 11.9 Å².